The Bertz CT molecular complexity index is 434. The van der Waals surface area contributed by atoms with E-state index in [2.05, 4.69) is 10.1 Å². The summed E-state index contributed by atoms with van der Waals surface area (Å²) >= 11 is 0. The molecule has 0 unspecified atom stereocenters. The quantitative estimate of drug-likeness (QED) is 0.795. The molecule has 1 aliphatic heterocycles. The van der Waals surface area contributed by atoms with Crippen LogP contribution in [0.1, 0.15) is 16.2 Å². The normalized spacial score (nSPS) is 20.8. The van der Waals surface area contributed by atoms with Crippen molar-refractivity contribution in [2.45, 2.75) is 12.6 Å². The fourth-order valence-electron chi connectivity index (χ4n) is 2.25. The van der Waals surface area contributed by atoms with Gasteiger partial charge >= 0.3 is 0 Å². The van der Waals surface area contributed by atoms with Gasteiger partial charge in [0.2, 0.25) is 0 Å². The van der Waals surface area contributed by atoms with Gasteiger partial charge in [0.05, 0.1) is 6.04 Å². The highest BCUT2D eigenvalue weighted by Crippen LogP contribution is 2.13. The average molecular weight is 268 g/mol. The van der Waals surface area contributed by atoms with E-state index in [0.717, 1.165) is 13.1 Å². The number of nitrogens with two attached hydrogens (primary N) is 1. The van der Waals surface area contributed by atoms with Crippen LogP contribution in [0.2, 0.25) is 0 Å². The summed E-state index contributed by atoms with van der Waals surface area (Å²) in [5.74, 6) is 0.416. The van der Waals surface area contributed by atoms with Crippen molar-refractivity contribution in [3.63, 3.8) is 0 Å². The van der Waals surface area contributed by atoms with Gasteiger partial charge in [-0.2, -0.15) is 0 Å². The zero-order valence-corrected chi connectivity index (χ0v) is 11.3. The van der Waals surface area contributed by atoms with Crippen molar-refractivity contribution in [3.8, 4) is 0 Å². The molecule has 0 spiro atoms. The maximum absolute atomic E-state index is 12.4. The van der Waals surface area contributed by atoms with Crippen molar-refractivity contribution in [1.29, 1.82) is 0 Å². The molecular weight excluding hydrogens is 248 g/mol. The summed E-state index contributed by atoms with van der Waals surface area (Å²) in [5.41, 5.74) is 6.06. The number of hydrogen-bond acceptors (Lipinski definition) is 6. The van der Waals surface area contributed by atoms with Gasteiger partial charge in [0.15, 0.2) is 11.5 Å². The maximum atomic E-state index is 12.4. The van der Waals surface area contributed by atoms with Gasteiger partial charge < -0.3 is 24.8 Å². The second-order valence-corrected chi connectivity index (χ2v) is 4.76. The van der Waals surface area contributed by atoms with Crippen LogP contribution in [0.25, 0.3) is 0 Å². The van der Waals surface area contributed by atoms with E-state index in [1.54, 1.807) is 18.1 Å². The van der Waals surface area contributed by atoms with Crippen LogP contribution in [-0.2, 0) is 11.3 Å². The lowest BCUT2D eigenvalue weighted by atomic mass is 10.1. The molecule has 7 nitrogen and oxygen atoms in total. The van der Waals surface area contributed by atoms with E-state index in [0.29, 0.717) is 31.2 Å². The minimum atomic E-state index is -0.130. The van der Waals surface area contributed by atoms with Crippen LogP contribution in [0.15, 0.2) is 10.6 Å². The van der Waals surface area contributed by atoms with Gasteiger partial charge in [-0.15, -0.1) is 0 Å². The Morgan fingerprint density at radius 2 is 2.42 bits per heavy atom. The number of aromatic nitrogens is 1. The Labute approximate surface area is 112 Å². The van der Waals surface area contributed by atoms with E-state index in [-0.39, 0.29) is 11.9 Å². The minimum Gasteiger partial charge on any atom is -0.377 e. The van der Waals surface area contributed by atoms with Crippen molar-refractivity contribution in [3.05, 3.63) is 17.5 Å². The largest absolute Gasteiger partial charge is 0.377 e. The SMILES string of the molecule is COCc1cc(C(=O)N2CCN(C)C[C@@H]2CN)no1. The van der Waals surface area contributed by atoms with E-state index in [9.17, 15) is 4.79 Å². The molecule has 19 heavy (non-hydrogen) atoms. The molecule has 0 aromatic carbocycles. The van der Waals surface area contributed by atoms with Gasteiger partial charge in [0, 0.05) is 39.4 Å². The molecule has 1 fully saturated rings. The highest BCUT2D eigenvalue weighted by Gasteiger charge is 2.30. The smallest absolute Gasteiger partial charge is 0.276 e. The molecule has 106 valence electrons. The summed E-state index contributed by atoms with van der Waals surface area (Å²) < 4.78 is 9.98. The second-order valence-electron chi connectivity index (χ2n) is 4.76. The van der Waals surface area contributed by atoms with Gasteiger partial charge in [0.25, 0.3) is 5.91 Å². The van der Waals surface area contributed by atoms with E-state index in [1.807, 2.05) is 7.05 Å². The average Bonchev–Trinajstić information content (AvgIpc) is 2.87. The number of ether oxygens (including phenoxy) is 1. The molecule has 1 atom stereocenters. The third-order valence-corrected chi connectivity index (χ3v) is 3.28. The van der Waals surface area contributed by atoms with Crippen LogP contribution in [0.5, 0.6) is 0 Å². The molecular formula is C12H20N4O3. The Kier molecular flexibility index (Phi) is 4.52. The van der Waals surface area contributed by atoms with Crippen molar-refractivity contribution >= 4 is 5.91 Å². The standard InChI is InChI=1S/C12H20N4O3/c1-15-3-4-16(9(6-13)7-15)12(17)11-5-10(8-18-2)19-14-11/h5,9H,3-4,6-8,13H2,1-2H3/t9-/m0/s1. The van der Waals surface area contributed by atoms with Gasteiger partial charge in [-0.1, -0.05) is 5.16 Å². The summed E-state index contributed by atoms with van der Waals surface area (Å²) in [6.07, 6.45) is 0. The van der Waals surface area contributed by atoms with Crippen LogP contribution in [-0.4, -0.2) is 67.2 Å². The first-order valence-electron chi connectivity index (χ1n) is 6.29. The number of hydrogen-bond donors (Lipinski definition) is 1. The first kappa shape index (κ1) is 14.0. The second kappa shape index (κ2) is 6.14. The van der Waals surface area contributed by atoms with Crippen LogP contribution in [0.3, 0.4) is 0 Å². The topological polar surface area (TPSA) is 84.8 Å². The number of piperazine rings is 1. The van der Waals surface area contributed by atoms with E-state index >= 15 is 0 Å². The van der Waals surface area contributed by atoms with Crippen LogP contribution in [0.4, 0.5) is 0 Å². The first-order chi connectivity index (χ1) is 9.15. The van der Waals surface area contributed by atoms with E-state index in [1.165, 1.54) is 0 Å². The number of methoxy groups -OCH3 is 1. The maximum Gasteiger partial charge on any atom is 0.276 e. The molecule has 0 bridgehead atoms. The minimum absolute atomic E-state index is 0.0221. The number of likely N-dealkylation sites (N-methyl/N-ethyl adjacent to an activating group) is 1. The monoisotopic (exact) mass is 268 g/mol. The van der Waals surface area contributed by atoms with E-state index in [4.69, 9.17) is 15.0 Å². The number of rotatable bonds is 4. The van der Waals surface area contributed by atoms with Crippen molar-refractivity contribution < 1.29 is 14.1 Å². The molecule has 1 amide bonds. The zero-order valence-electron chi connectivity index (χ0n) is 11.3. The van der Waals surface area contributed by atoms with Gasteiger partial charge in [-0.05, 0) is 7.05 Å². The molecule has 1 aromatic rings. The summed E-state index contributed by atoms with van der Waals surface area (Å²) in [7, 11) is 3.59. The molecule has 1 aliphatic rings. The molecule has 1 saturated heterocycles. The van der Waals surface area contributed by atoms with Crippen molar-refractivity contribution in [2.24, 2.45) is 5.73 Å². The third kappa shape index (κ3) is 3.12. The Hall–Kier alpha value is -1.44. The summed E-state index contributed by atoms with van der Waals surface area (Å²) in [6.45, 7) is 3.03. The number of carbonyl (C=O) groups excluding carboxylic acids is 1. The summed E-state index contributed by atoms with van der Waals surface area (Å²) in [4.78, 5) is 16.3. The Morgan fingerprint density at radius 1 is 1.63 bits per heavy atom. The molecule has 2 N–H and O–H groups in total. The summed E-state index contributed by atoms with van der Waals surface area (Å²) in [5, 5.41) is 3.80. The Balaban J connectivity index is 2.08. The molecule has 0 saturated carbocycles. The zero-order chi connectivity index (χ0) is 13.8. The van der Waals surface area contributed by atoms with Gasteiger partial charge in [-0.3, -0.25) is 4.79 Å². The van der Waals surface area contributed by atoms with Gasteiger partial charge in [-0.25, -0.2) is 0 Å². The predicted molar refractivity (Wildman–Crippen MR) is 68.6 cm³/mol. The fourth-order valence-corrected chi connectivity index (χ4v) is 2.25. The molecule has 2 rings (SSSR count). The molecule has 0 aliphatic carbocycles. The number of amides is 1. The van der Waals surface area contributed by atoms with Gasteiger partial charge in [0.1, 0.15) is 6.61 Å². The number of carbonyl (C=O) groups is 1. The van der Waals surface area contributed by atoms with E-state index < -0.39 is 0 Å². The number of nitrogens with zero attached hydrogens (tertiary/aromatic N) is 3. The van der Waals surface area contributed by atoms with Crippen LogP contribution in [0, 0.1) is 0 Å². The Morgan fingerprint density at radius 3 is 3.11 bits per heavy atom. The lowest BCUT2D eigenvalue weighted by molar-refractivity contribution is 0.0506. The third-order valence-electron chi connectivity index (χ3n) is 3.28. The first-order valence-corrected chi connectivity index (χ1v) is 6.29. The van der Waals surface area contributed by atoms with Crippen LogP contribution >= 0.6 is 0 Å². The highest BCUT2D eigenvalue weighted by molar-refractivity contribution is 5.92. The lowest BCUT2D eigenvalue weighted by Crippen LogP contribution is -2.56. The predicted octanol–water partition coefficient (Wildman–Crippen LogP) is -0.464. The molecule has 0 radical (unpaired) electrons. The fraction of sp³-hybridized carbons (Fsp3) is 0.667. The molecule has 7 heteroatoms. The van der Waals surface area contributed by atoms with Crippen molar-refractivity contribution in [2.75, 3.05) is 40.3 Å². The van der Waals surface area contributed by atoms with Crippen molar-refractivity contribution in [1.82, 2.24) is 15.0 Å². The lowest BCUT2D eigenvalue weighted by Gasteiger charge is -2.39. The molecule has 1 aromatic heterocycles. The molecule has 2 heterocycles. The van der Waals surface area contributed by atoms with Crippen LogP contribution < -0.4 is 5.73 Å². The summed E-state index contributed by atoms with van der Waals surface area (Å²) in [6, 6.07) is 1.64. The highest BCUT2D eigenvalue weighted by atomic mass is 16.5.